The highest BCUT2D eigenvalue weighted by Crippen LogP contribution is 2.27. The van der Waals surface area contributed by atoms with Crippen molar-refractivity contribution >= 4 is 5.97 Å². The van der Waals surface area contributed by atoms with Gasteiger partial charge in [0.1, 0.15) is 12.4 Å². The maximum absolute atomic E-state index is 11.9. The predicted molar refractivity (Wildman–Crippen MR) is 127 cm³/mol. The average molecular weight is 433 g/mol. The normalized spacial score (nSPS) is 12.3. The van der Waals surface area contributed by atoms with Gasteiger partial charge in [0.15, 0.2) is 0 Å². The fraction of sp³-hybridized carbons (Fsp3) is 0.321. The second kappa shape index (κ2) is 11.0. The highest BCUT2D eigenvalue weighted by atomic mass is 16.5. The van der Waals surface area contributed by atoms with Crippen molar-refractivity contribution in [3.05, 3.63) is 101 Å². The first-order valence-corrected chi connectivity index (χ1v) is 11.0. The van der Waals surface area contributed by atoms with Crippen molar-refractivity contribution in [1.82, 2.24) is 0 Å². The van der Waals surface area contributed by atoms with Crippen molar-refractivity contribution < 1.29 is 19.4 Å². The van der Waals surface area contributed by atoms with Crippen LogP contribution in [-0.4, -0.2) is 24.3 Å². The van der Waals surface area contributed by atoms with E-state index in [1.165, 1.54) is 5.56 Å². The molecule has 0 fully saturated rings. The Balaban J connectivity index is 1.51. The van der Waals surface area contributed by atoms with Crippen molar-refractivity contribution in [3.63, 3.8) is 0 Å². The third-order valence-corrected chi connectivity index (χ3v) is 5.45. The Morgan fingerprint density at radius 3 is 2.09 bits per heavy atom. The molecule has 0 radical (unpaired) electrons. The fourth-order valence-corrected chi connectivity index (χ4v) is 3.50. The van der Waals surface area contributed by atoms with Crippen molar-refractivity contribution in [2.45, 2.75) is 45.1 Å². The summed E-state index contributed by atoms with van der Waals surface area (Å²) in [6.45, 7) is 7.98. The molecule has 0 bridgehead atoms. The van der Waals surface area contributed by atoms with Gasteiger partial charge >= 0.3 is 5.97 Å². The number of carboxylic acids is 1. The van der Waals surface area contributed by atoms with Gasteiger partial charge in [-0.2, -0.15) is 0 Å². The number of rotatable bonds is 10. The van der Waals surface area contributed by atoms with Gasteiger partial charge in [-0.05, 0) is 46.2 Å². The SMILES string of the molecule is CC(C)(C)c1ccc(C(Cc2ccc(OCCOCc3ccccc3)cc2)C(=O)O)cc1. The molecule has 1 N–H and O–H groups in total. The summed E-state index contributed by atoms with van der Waals surface area (Å²) in [7, 11) is 0. The van der Waals surface area contributed by atoms with Gasteiger partial charge in [0.2, 0.25) is 0 Å². The summed E-state index contributed by atoms with van der Waals surface area (Å²) in [4.78, 5) is 11.9. The lowest BCUT2D eigenvalue weighted by Gasteiger charge is -2.20. The van der Waals surface area contributed by atoms with Crippen molar-refractivity contribution in [1.29, 1.82) is 0 Å². The van der Waals surface area contributed by atoms with E-state index in [2.05, 4.69) is 20.8 Å². The predicted octanol–water partition coefficient (Wildman–Crippen LogP) is 5.99. The summed E-state index contributed by atoms with van der Waals surface area (Å²) < 4.78 is 11.4. The van der Waals surface area contributed by atoms with Gasteiger partial charge in [0.05, 0.1) is 19.1 Å². The van der Waals surface area contributed by atoms with Gasteiger partial charge in [0, 0.05) is 0 Å². The average Bonchev–Trinajstić information content (AvgIpc) is 2.78. The van der Waals surface area contributed by atoms with Crippen LogP contribution in [0.2, 0.25) is 0 Å². The summed E-state index contributed by atoms with van der Waals surface area (Å²) in [5.41, 5.74) is 4.16. The molecule has 0 saturated heterocycles. The Morgan fingerprint density at radius 1 is 0.844 bits per heavy atom. The van der Waals surface area contributed by atoms with Crippen LogP contribution in [0.4, 0.5) is 0 Å². The summed E-state index contributed by atoms with van der Waals surface area (Å²) in [5.74, 6) is -0.648. The van der Waals surface area contributed by atoms with E-state index in [-0.39, 0.29) is 5.41 Å². The Kier molecular flexibility index (Phi) is 8.07. The van der Waals surface area contributed by atoms with Crippen LogP contribution in [0.15, 0.2) is 78.9 Å². The smallest absolute Gasteiger partial charge is 0.311 e. The maximum Gasteiger partial charge on any atom is 0.311 e. The summed E-state index contributed by atoms with van der Waals surface area (Å²) >= 11 is 0. The molecule has 0 amide bonds. The molecule has 0 spiro atoms. The van der Waals surface area contributed by atoms with Gasteiger partial charge in [0.25, 0.3) is 0 Å². The molecule has 3 aromatic carbocycles. The lowest BCUT2D eigenvalue weighted by Crippen LogP contribution is -2.16. The molecule has 0 aromatic heterocycles. The van der Waals surface area contributed by atoms with Crippen LogP contribution >= 0.6 is 0 Å². The standard InChI is InChI=1S/C28H32O4/c1-28(2,3)24-13-11-23(12-14-24)26(27(29)30)19-21-9-15-25(16-10-21)32-18-17-31-20-22-7-5-4-6-8-22/h4-16,26H,17-20H2,1-3H3,(H,29,30). The number of aliphatic carboxylic acids is 1. The molecular formula is C28H32O4. The van der Waals surface area contributed by atoms with Gasteiger partial charge < -0.3 is 14.6 Å². The molecule has 1 unspecified atom stereocenters. The number of hydrogen-bond acceptors (Lipinski definition) is 3. The molecule has 0 aliphatic carbocycles. The van der Waals surface area contributed by atoms with Gasteiger partial charge in [-0.15, -0.1) is 0 Å². The monoisotopic (exact) mass is 432 g/mol. The third kappa shape index (κ3) is 6.96. The number of hydrogen-bond donors (Lipinski definition) is 1. The van der Waals surface area contributed by atoms with E-state index in [0.29, 0.717) is 26.2 Å². The Hall–Kier alpha value is -3.11. The zero-order valence-electron chi connectivity index (χ0n) is 19.1. The molecule has 4 nitrogen and oxygen atoms in total. The number of carbonyl (C=O) groups is 1. The van der Waals surface area contributed by atoms with Crippen molar-refractivity contribution in [3.8, 4) is 5.75 Å². The van der Waals surface area contributed by atoms with Crippen LogP contribution in [-0.2, 0) is 28.0 Å². The van der Waals surface area contributed by atoms with Crippen LogP contribution in [0.5, 0.6) is 5.75 Å². The summed E-state index contributed by atoms with van der Waals surface area (Å²) in [5, 5.41) is 9.78. The maximum atomic E-state index is 11.9. The molecule has 1 atom stereocenters. The Morgan fingerprint density at radius 2 is 1.50 bits per heavy atom. The second-order valence-corrected chi connectivity index (χ2v) is 9.00. The van der Waals surface area contributed by atoms with Crippen LogP contribution in [0.1, 0.15) is 48.9 Å². The molecule has 4 heteroatoms. The minimum atomic E-state index is -0.815. The topological polar surface area (TPSA) is 55.8 Å². The molecule has 0 saturated carbocycles. The molecule has 3 rings (SSSR count). The minimum Gasteiger partial charge on any atom is -0.491 e. The van der Waals surface area contributed by atoms with Crippen LogP contribution in [0.3, 0.4) is 0 Å². The minimum absolute atomic E-state index is 0.0413. The molecular weight excluding hydrogens is 400 g/mol. The van der Waals surface area contributed by atoms with Crippen molar-refractivity contribution in [2.75, 3.05) is 13.2 Å². The quantitative estimate of drug-likeness (QED) is 0.400. The molecule has 32 heavy (non-hydrogen) atoms. The zero-order valence-corrected chi connectivity index (χ0v) is 19.1. The lowest BCUT2D eigenvalue weighted by atomic mass is 9.84. The first-order valence-electron chi connectivity index (χ1n) is 11.0. The van der Waals surface area contributed by atoms with E-state index < -0.39 is 11.9 Å². The first-order chi connectivity index (χ1) is 15.3. The molecule has 0 aliphatic rings. The van der Waals surface area contributed by atoms with E-state index in [4.69, 9.17) is 9.47 Å². The van der Waals surface area contributed by atoms with E-state index in [0.717, 1.165) is 22.4 Å². The van der Waals surface area contributed by atoms with E-state index in [1.807, 2.05) is 78.9 Å². The number of ether oxygens (including phenoxy) is 2. The second-order valence-electron chi connectivity index (χ2n) is 9.00. The van der Waals surface area contributed by atoms with Crippen molar-refractivity contribution in [2.24, 2.45) is 0 Å². The largest absolute Gasteiger partial charge is 0.491 e. The van der Waals surface area contributed by atoms with Gasteiger partial charge in [-0.1, -0.05) is 87.5 Å². The molecule has 3 aromatic rings. The van der Waals surface area contributed by atoms with E-state index in [1.54, 1.807) is 0 Å². The van der Waals surface area contributed by atoms with Crippen LogP contribution in [0, 0.1) is 0 Å². The molecule has 0 aliphatic heterocycles. The van der Waals surface area contributed by atoms with Gasteiger partial charge in [-0.25, -0.2) is 0 Å². The van der Waals surface area contributed by atoms with Crippen LogP contribution in [0.25, 0.3) is 0 Å². The summed E-state index contributed by atoms with van der Waals surface area (Å²) in [6, 6.07) is 25.6. The molecule has 0 heterocycles. The van der Waals surface area contributed by atoms with Crippen LogP contribution < -0.4 is 4.74 Å². The van der Waals surface area contributed by atoms with E-state index in [9.17, 15) is 9.90 Å². The fourth-order valence-electron chi connectivity index (χ4n) is 3.50. The Bertz CT molecular complexity index is 971. The van der Waals surface area contributed by atoms with Gasteiger partial charge in [-0.3, -0.25) is 4.79 Å². The summed E-state index contributed by atoms with van der Waals surface area (Å²) in [6.07, 6.45) is 0.435. The highest BCUT2D eigenvalue weighted by Gasteiger charge is 2.21. The third-order valence-electron chi connectivity index (χ3n) is 5.45. The zero-order chi connectivity index (χ0) is 23.0. The first kappa shape index (κ1) is 23.6. The highest BCUT2D eigenvalue weighted by molar-refractivity contribution is 5.76. The Labute approximate surface area is 190 Å². The van der Waals surface area contributed by atoms with E-state index >= 15 is 0 Å². The number of benzene rings is 3. The molecule has 168 valence electrons. The lowest BCUT2D eigenvalue weighted by molar-refractivity contribution is -0.138. The number of carboxylic acid groups (broad SMARTS) is 1.